The lowest BCUT2D eigenvalue weighted by molar-refractivity contribution is 0.353. The molecule has 0 unspecified atom stereocenters. The van der Waals surface area contributed by atoms with Crippen LogP contribution in [-0.4, -0.2) is 31.5 Å². The molecule has 74 valence electrons. The summed E-state index contributed by atoms with van der Waals surface area (Å²) in [5.41, 5.74) is 1.19. The number of halogens is 1. The molecule has 3 nitrogen and oxygen atoms in total. The van der Waals surface area contributed by atoms with Crippen LogP contribution in [0.1, 0.15) is 0 Å². The maximum absolute atomic E-state index is 4.23. The highest BCUT2D eigenvalue weighted by molar-refractivity contribution is 9.10. The van der Waals surface area contributed by atoms with E-state index >= 15 is 0 Å². The van der Waals surface area contributed by atoms with Crippen LogP contribution < -0.4 is 4.90 Å². The first-order valence-corrected chi connectivity index (χ1v) is 5.32. The van der Waals surface area contributed by atoms with E-state index in [-0.39, 0.29) is 0 Å². The number of rotatable bonds is 1. The molecule has 1 aromatic rings. The molecule has 1 aromatic carbocycles. The van der Waals surface area contributed by atoms with Crippen molar-refractivity contribution in [1.82, 2.24) is 5.01 Å². The number of hydrazone groups is 1. The average molecular weight is 254 g/mol. The summed E-state index contributed by atoms with van der Waals surface area (Å²) in [6.45, 7) is 1.95. The van der Waals surface area contributed by atoms with E-state index in [1.54, 1.807) is 0 Å². The van der Waals surface area contributed by atoms with E-state index in [2.05, 4.69) is 38.1 Å². The number of hydrogen-bond donors (Lipinski definition) is 0. The van der Waals surface area contributed by atoms with Crippen LogP contribution in [-0.2, 0) is 0 Å². The Bertz CT molecular complexity index is 334. The number of likely N-dealkylation sites (N-methyl/N-ethyl adjacent to an activating group) is 1. The lowest BCUT2D eigenvalue weighted by atomic mass is 10.3. The van der Waals surface area contributed by atoms with Gasteiger partial charge in [0, 0.05) is 23.8 Å². The Kier molecular flexibility index (Phi) is 2.72. The van der Waals surface area contributed by atoms with Gasteiger partial charge in [0.2, 0.25) is 0 Å². The third kappa shape index (κ3) is 2.07. The predicted molar refractivity (Wildman–Crippen MR) is 62.6 cm³/mol. The van der Waals surface area contributed by atoms with Crippen LogP contribution >= 0.6 is 15.9 Å². The van der Waals surface area contributed by atoms with Crippen LogP contribution in [0.3, 0.4) is 0 Å². The smallest absolute Gasteiger partial charge is 0.115 e. The molecular weight excluding hydrogens is 242 g/mol. The third-order valence-electron chi connectivity index (χ3n) is 2.21. The van der Waals surface area contributed by atoms with Crippen LogP contribution in [0.4, 0.5) is 5.69 Å². The molecule has 0 aromatic heterocycles. The first-order chi connectivity index (χ1) is 6.75. The molecule has 2 rings (SSSR count). The highest BCUT2D eigenvalue weighted by Gasteiger charge is 2.08. The zero-order valence-electron chi connectivity index (χ0n) is 8.02. The number of nitrogens with zero attached hydrogens (tertiary/aromatic N) is 3. The Morgan fingerprint density at radius 2 is 1.93 bits per heavy atom. The minimum absolute atomic E-state index is 0.965. The zero-order chi connectivity index (χ0) is 9.97. The van der Waals surface area contributed by atoms with Gasteiger partial charge in [0.25, 0.3) is 0 Å². The molecule has 1 aliphatic heterocycles. The molecule has 0 aliphatic carbocycles. The van der Waals surface area contributed by atoms with Crippen molar-refractivity contribution < 1.29 is 0 Å². The largest absolute Gasteiger partial charge is 0.329 e. The van der Waals surface area contributed by atoms with Gasteiger partial charge < -0.3 is 4.90 Å². The van der Waals surface area contributed by atoms with Crippen LogP contribution in [0, 0.1) is 0 Å². The number of hydrogen-bond acceptors (Lipinski definition) is 3. The summed E-state index contributed by atoms with van der Waals surface area (Å²) in [6, 6.07) is 8.26. The summed E-state index contributed by atoms with van der Waals surface area (Å²) in [5, 5.41) is 6.17. The highest BCUT2D eigenvalue weighted by atomic mass is 79.9. The van der Waals surface area contributed by atoms with Crippen molar-refractivity contribution in [2.24, 2.45) is 5.10 Å². The summed E-state index contributed by atoms with van der Waals surface area (Å²) in [4.78, 5) is 2.15. The Labute approximate surface area is 92.1 Å². The van der Waals surface area contributed by atoms with Gasteiger partial charge in [0.1, 0.15) is 6.34 Å². The topological polar surface area (TPSA) is 18.8 Å². The molecule has 0 saturated heterocycles. The SMILES string of the molecule is CN1CCN(c2ccc(Br)cc2)C=N1. The van der Waals surface area contributed by atoms with E-state index < -0.39 is 0 Å². The quantitative estimate of drug-likeness (QED) is 0.764. The van der Waals surface area contributed by atoms with Gasteiger partial charge in [0.15, 0.2) is 0 Å². The van der Waals surface area contributed by atoms with Crippen LogP contribution in [0.15, 0.2) is 33.8 Å². The minimum Gasteiger partial charge on any atom is -0.329 e. The van der Waals surface area contributed by atoms with Gasteiger partial charge in [-0.15, -0.1) is 0 Å². The van der Waals surface area contributed by atoms with Crippen molar-refractivity contribution in [2.45, 2.75) is 0 Å². The van der Waals surface area contributed by atoms with Crippen molar-refractivity contribution in [3.05, 3.63) is 28.7 Å². The van der Waals surface area contributed by atoms with Gasteiger partial charge in [-0.2, -0.15) is 5.10 Å². The molecule has 1 heterocycles. The normalized spacial score (nSPS) is 16.1. The Balaban J connectivity index is 2.16. The Hall–Kier alpha value is -1.03. The second-order valence-corrected chi connectivity index (χ2v) is 4.20. The molecule has 0 atom stereocenters. The van der Waals surface area contributed by atoms with E-state index in [0.717, 1.165) is 17.6 Å². The molecule has 1 aliphatic rings. The fourth-order valence-corrected chi connectivity index (χ4v) is 1.61. The van der Waals surface area contributed by atoms with Gasteiger partial charge in [-0.25, -0.2) is 0 Å². The first-order valence-electron chi connectivity index (χ1n) is 4.53. The zero-order valence-corrected chi connectivity index (χ0v) is 9.61. The Morgan fingerprint density at radius 1 is 1.21 bits per heavy atom. The van der Waals surface area contributed by atoms with E-state index in [1.807, 2.05) is 30.5 Å². The summed E-state index contributed by atoms with van der Waals surface area (Å²) in [6.07, 6.45) is 1.87. The van der Waals surface area contributed by atoms with E-state index in [4.69, 9.17) is 0 Å². The molecular formula is C10H12BrN3. The molecule has 0 bridgehead atoms. The van der Waals surface area contributed by atoms with Gasteiger partial charge in [-0.3, -0.25) is 5.01 Å². The van der Waals surface area contributed by atoms with Crippen LogP contribution in [0.5, 0.6) is 0 Å². The van der Waals surface area contributed by atoms with E-state index in [1.165, 1.54) is 5.69 Å². The monoisotopic (exact) mass is 253 g/mol. The number of benzene rings is 1. The van der Waals surface area contributed by atoms with Crippen molar-refractivity contribution in [3.8, 4) is 0 Å². The molecule has 14 heavy (non-hydrogen) atoms. The third-order valence-corrected chi connectivity index (χ3v) is 2.74. The molecule has 0 spiro atoms. The molecule has 0 fully saturated rings. The molecule has 0 saturated carbocycles. The fraction of sp³-hybridized carbons (Fsp3) is 0.300. The maximum Gasteiger partial charge on any atom is 0.115 e. The first kappa shape index (κ1) is 9.52. The summed E-state index contributed by atoms with van der Waals surface area (Å²) >= 11 is 3.42. The van der Waals surface area contributed by atoms with Crippen LogP contribution in [0.2, 0.25) is 0 Å². The Morgan fingerprint density at radius 3 is 2.50 bits per heavy atom. The van der Waals surface area contributed by atoms with Crippen molar-refractivity contribution in [2.75, 3.05) is 25.0 Å². The van der Waals surface area contributed by atoms with Crippen LogP contribution in [0.25, 0.3) is 0 Å². The number of anilines is 1. The molecule has 4 heteroatoms. The van der Waals surface area contributed by atoms with E-state index in [0.29, 0.717) is 0 Å². The summed E-state index contributed by atoms with van der Waals surface area (Å²) in [5.74, 6) is 0. The predicted octanol–water partition coefficient (Wildman–Crippen LogP) is 2.14. The lowest BCUT2D eigenvalue weighted by Crippen LogP contribution is -2.35. The molecule has 0 amide bonds. The second kappa shape index (κ2) is 4.00. The van der Waals surface area contributed by atoms with Crippen molar-refractivity contribution >= 4 is 28.0 Å². The highest BCUT2D eigenvalue weighted by Crippen LogP contribution is 2.18. The maximum atomic E-state index is 4.23. The minimum atomic E-state index is 0.965. The fourth-order valence-electron chi connectivity index (χ4n) is 1.35. The second-order valence-electron chi connectivity index (χ2n) is 3.28. The van der Waals surface area contributed by atoms with Gasteiger partial charge in [0.05, 0.1) is 6.54 Å². The van der Waals surface area contributed by atoms with Gasteiger partial charge in [-0.05, 0) is 24.3 Å². The summed E-state index contributed by atoms with van der Waals surface area (Å²) < 4.78 is 1.10. The van der Waals surface area contributed by atoms with Gasteiger partial charge in [-0.1, -0.05) is 15.9 Å². The molecule has 0 N–H and O–H groups in total. The van der Waals surface area contributed by atoms with Crippen molar-refractivity contribution in [1.29, 1.82) is 0 Å². The molecule has 0 radical (unpaired) electrons. The summed E-state index contributed by atoms with van der Waals surface area (Å²) in [7, 11) is 1.98. The lowest BCUT2D eigenvalue weighted by Gasteiger charge is -2.27. The van der Waals surface area contributed by atoms with Crippen molar-refractivity contribution in [3.63, 3.8) is 0 Å². The average Bonchev–Trinajstić information content (AvgIpc) is 2.21. The van der Waals surface area contributed by atoms with E-state index in [9.17, 15) is 0 Å². The van der Waals surface area contributed by atoms with Gasteiger partial charge >= 0.3 is 0 Å². The standard InChI is InChI=1S/C10H12BrN3/c1-13-6-7-14(8-12-13)10-4-2-9(11)3-5-10/h2-5,8H,6-7H2,1H3.